The fraction of sp³-hybridized carbons (Fsp3) is 0.727. The van der Waals surface area contributed by atoms with E-state index in [0.29, 0.717) is 17.9 Å². The van der Waals surface area contributed by atoms with E-state index in [1.54, 1.807) is 0 Å². The predicted octanol–water partition coefficient (Wildman–Crippen LogP) is 5.83. The van der Waals surface area contributed by atoms with E-state index in [4.69, 9.17) is 4.74 Å². The van der Waals surface area contributed by atoms with Crippen LogP contribution in [0.4, 0.5) is 0 Å². The lowest BCUT2D eigenvalue weighted by atomic mass is 9.88. The van der Waals surface area contributed by atoms with E-state index in [9.17, 15) is 0 Å². The van der Waals surface area contributed by atoms with E-state index >= 15 is 0 Å². The smallest absolute Gasteiger partial charge is 0.0597 e. The van der Waals surface area contributed by atoms with Crippen molar-refractivity contribution in [2.24, 2.45) is 0 Å². The molecule has 0 radical (unpaired) electrons. The summed E-state index contributed by atoms with van der Waals surface area (Å²) in [6.07, 6.45) is 3.80. The Hall–Kier alpha value is -0.860. The summed E-state index contributed by atoms with van der Waals surface area (Å²) in [5, 5.41) is 0. The Morgan fingerprint density at radius 2 is 1.62 bits per heavy atom. The second kappa shape index (κ2) is 11.7. The van der Waals surface area contributed by atoms with Gasteiger partial charge in [-0.05, 0) is 62.2 Å². The van der Waals surface area contributed by atoms with Crippen molar-refractivity contribution in [3.8, 4) is 0 Å². The molecule has 0 saturated heterocycles. The van der Waals surface area contributed by atoms with Crippen LogP contribution >= 0.6 is 0 Å². The first-order valence-corrected chi connectivity index (χ1v) is 9.99. The van der Waals surface area contributed by atoms with Crippen LogP contribution in [0.3, 0.4) is 0 Å². The van der Waals surface area contributed by atoms with E-state index in [2.05, 4.69) is 70.7 Å². The van der Waals surface area contributed by atoms with Crippen molar-refractivity contribution in [2.75, 3.05) is 26.2 Å². The van der Waals surface area contributed by atoms with Crippen LogP contribution in [-0.4, -0.2) is 37.2 Å². The maximum atomic E-state index is 6.09. The molecule has 0 aliphatic carbocycles. The van der Waals surface area contributed by atoms with Crippen LogP contribution in [0.1, 0.15) is 83.8 Å². The monoisotopic (exact) mass is 333 g/mol. The molecule has 0 N–H and O–H groups in total. The normalized spacial score (nSPS) is 15.5. The van der Waals surface area contributed by atoms with Crippen molar-refractivity contribution < 1.29 is 4.74 Å². The van der Waals surface area contributed by atoms with Crippen LogP contribution in [0.5, 0.6) is 0 Å². The van der Waals surface area contributed by atoms with Gasteiger partial charge in [-0.15, -0.1) is 0 Å². The fourth-order valence-electron chi connectivity index (χ4n) is 3.29. The Balaban J connectivity index is 2.57. The van der Waals surface area contributed by atoms with Gasteiger partial charge in [0.2, 0.25) is 0 Å². The van der Waals surface area contributed by atoms with E-state index in [1.165, 1.54) is 24.0 Å². The highest BCUT2D eigenvalue weighted by Gasteiger charge is 2.15. The van der Waals surface area contributed by atoms with Crippen LogP contribution in [-0.2, 0) is 4.74 Å². The molecule has 1 rings (SSSR count). The lowest BCUT2D eigenvalue weighted by Gasteiger charge is -2.23. The molecule has 2 nitrogen and oxygen atoms in total. The van der Waals surface area contributed by atoms with Crippen LogP contribution < -0.4 is 0 Å². The third-order valence-electron chi connectivity index (χ3n) is 5.38. The van der Waals surface area contributed by atoms with Crippen molar-refractivity contribution in [3.05, 3.63) is 35.4 Å². The molecule has 3 atom stereocenters. The summed E-state index contributed by atoms with van der Waals surface area (Å²) < 4.78 is 6.09. The fourth-order valence-corrected chi connectivity index (χ4v) is 3.29. The van der Waals surface area contributed by atoms with Gasteiger partial charge in [-0.3, -0.25) is 0 Å². The summed E-state index contributed by atoms with van der Waals surface area (Å²) in [6.45, 7) is 17.6. The zero-order chi connectivity index (χ0) is 17.9. The maximum absolute atomic E-state index is 6.09. The van der Waals surface area contributed by atoms with Gasteiger partial charge < -0.3 is 9.64 Å². The van der Waals surface area contributed by atoms with Crippen LogP contribution in [0.15, 0.2) is 24.3 Å². The lowest BCUT2D eigenvalue weighted by molar-refractivity contribution is 0.0407. The Morgan fingerprint density at radius 1 is 0.958 bits per heavy atom. The molecular weight excluding hydrogens is 294 g/mol. The molecule has 1 aromatic rings. The average Bonchev–Trinajstić information content (AvgIpc) is 2.62. The molecular formula is C22H39NO. The summed E-state index contributed by atoms with van der Waals surface area (Å²) in [5.41, 5.74) is 2.96. The third-order valence-corrected chi connectivity index (χ3v) is 5.38. The number of hydrogen-bond acceptors (Lipinski definition) is 2. The van der Waals surface area contributed by atoms with Gasteiger partial charge in [0.05, 0.1) is 12.7 Å². The zero-order valence-corrected chi connectivity index (χ0v) is 16.8. The van der Waals surface area contributed by atoms with Crippen molar-refractivity contribution in [3.63, 3.8) is 0 Å². The Labute approximate surface area is 150 Å². The maximum Gasteiger partial charge on any atom is 0.0597 e. The third kappa shape index (κ3) is 6.94. The first kappa shape index (κ1) is 21.2. The van der Waals surface area contributed by atoms with Gasteiger partial charge in [0.1, 0.15) is 0 Å². The minimum absolute atomic E-state index is 0.317. The second-order valence-corrected chi connectivity index (χ2v) is 7.03. The molecule has 0 aromatic heterocycles. The summed E-state index contributed by atoms with van der Waals surface area (Å²) in [7, 11) is 0. The molecule has 1 aromatic carbocycles. The van der Waals surface area contributed by atoms with Gasteiger partial charge in [0.15, 0.2) is 0 Å². The highest BCUT2D eigenvalue weighted by molar-refractivity contribution is 5.28. The largest absolute Gasteiger partial charge is 0.377 e. The summed E-state index contributed by atoms with van der Waals surface area (Å²) in [6, 6.07) is 9.22. The van der Waals surface area contributed by atoms with E-state index in [-0.39, 0.29) is 0 Å². The Kier molecular flexibility index (Phi) is 10.3. The highest BCUT2D eigenvalue weighted by atomic mass is 16.5. The molecule has 0 aliphatic heterocycles. The number of hydrogen-bond donors (Lipinski definition) is 0. The standard InChI is InChI=1S/C22H39NO/c1-7-18(5)21-12-11-13-22(17-21)20(8-2)16-19(6)24-15-14-23(9-3)10-4/h11-13,17-20H,7-10,14-16H2,1-6H3. The highest BCUT2D eigenvalue weighted by Crippen LogP contribution is 2.29. The van der Waals surface area contributed by atoms with Crippen LogP contribution in [0, 0.1) is 0 Å². The minimum Gasteiger partial charge on any atom is -0.377 e. The average molecular weight is 334 g/mol. The van der Waals surface area contributed by atoms with Crippen LogP contribution in [0.25, 0.3) is 0 Å². The van der Waals surface area contributed by atoms with Crippen molar-refractivity contribution >= 4 is 0 Å². The van der Waals surface area contributed by atoms with Crippen molar-refractivity contribution in [1.29, 1.82) is 0 Å². The van der Waals surface area contributed by atoms with Gasteiger partial charge >= 0.3 is 0 Å². The minimum atomic E-state index is 0.317. The zero-order valence-electron chi connectivity index (χ0n) is 16.8. The first-order valence-electron chi connectivity index (χ1n) is 9.99. The van der Waals surface area contributed by atoms with E-state index in [0.717, 1.165) is 32.7 Å². The summed E-state index contributed by atoms with van der Waals surface area (Å²) >= 11 is 0. The Morgan fingerprint density at radius 3 is 2.21 bits per heavy atom. The first-order chi connectivity index (χ1) is 11.5. The predicted molar refractivity (Wildman–Crippen MR) is 106 cm³/mol. The SMILES string of the molecule is CCC(C)c1cccc(C(CC)CC(C)OCCN(CC)CC)c1. The van der Waals surface area contributed by atoms with E-state index < -0.39 is 0 Å². The summed E-state index contributed by atoms with van der Waals surface area (Å²) in [5.74, 6) is 1.24. The number of rotatable bonds is 12. The van der Waals surface area contributed by atoms with Gasteiger partial charge in [-0.2, -0.15) is 0 Å². The van der Waals surface area contributed by atoms with Gasteiger partial charge in [0.25, 0.3) is 0 Å². The molecule has 138 valence electrons. The number of likely N-dealkylation sites (N-methyl/N-ethyl adjacent to an activating group) is 1. The van der Waals surface area contributed by atoms with Gasteiger partial charge in [0, 0.05) is 6.54 Å². The molecule has 0 fully saturated rings. The molecule has 0 amide bonds. The second-order valence-electron chi connectivity index (χ2n) is 7.03. The van der Waals surface area contributed by atoms with Crippen LogP contribution in [0.2, 0.25) is 0 Å². The molecule has 0 saturated carbocycles. The number of nitrogens with zero attached hydrogens (tertiary/aromatic N) is 1. The van der Waals surface area contributed by atoms with Crippen molar-refractivity contribution in [2.45, 2.75) is 78.7 Å². The lowest BCUT2D eigenvalue weighted by Crippen LogP contribution is -2.28. The molecule has 0 heterocycles. The molecule has 0 bridgehead atoms. The Bertz CT molecular complexity index is 441. The quantitative estimate of drug-likeness (QED) is 0.477. The molecule has 2 heteroatoms. The molecule has 0 aliphatic rings. The molecule has 0 spiro atoms. The number of benzene rings is 1. The van der Waals surface area contributed by atoms with Gasteiger partial charge in [-0.1, -0.05) is 58.9 Å². The van der Waals surface area contributed by atoms with Gasteiger partial charge in [-0.25, -0.2) is 0 Å². The topological polar surface area (TPSA) is 12.5 Å². The molecule has 24 heavy (non-hydrogen) atoms. The summed E-state index contributed by atoms with van der Waals surface area (Å²) in [4.78, 5) is 2.42. The number of ether oxygens (including phenoxy) is 1. The molecule has 3 unspecified atom stereocenters. The van der Waals surface area contributed by atoms with Crippen molar-refractivity contribution in [1.82, 2.24) is 4.90 Å². The van der Waals surface area contributed by atoms with E-state index in [1.807, 2.05) is 0 Å².